The van der Waals surface area contributed by atoms with Crippen LogP contribution in [0.5, 0.6) is 0 Å². The second kappa shape index (κ2) is 10.2. The lowest BCUT2D eigenvalue weighted by Crippen LogP contribution is -2.03. The van der Waals surface area contributed by atoms with Crippen LogP contribution < -0.4 is 10.0 Å². The fourth-order valence-electron chi connectivity index (χ4n) is 2.47. The van der Waals surface area contributed by atoms with Gasteiger partial charge in [0.2, 0.25) is 0 Å². The second-order valence-corrected chi connectivity index (χ2v) is 6.82. The number of nitro groups is 1. The number of allylic oxidation sites excluding steroid dienone is 4. The summed E-state index contributed by atoms with van der Waals surface area (Å²) in [5.74, 6) is 1.14. The Bertz CT molecular complexity index is 1140. The number of hydrogen-bond donors (Lipinski definition) is 2. The molecule has 0 saturated heterocycles. The number of aromatic nitrogens is 3. The van der Waals surface area contributed by atoms with Crippen LogP contribution >= 0.6 is 11.9 Å². The lowest BCUT2D eigenvalue weighted by Gasteiger charge is -2.13. The second-order valence-electron chi connectivity index (χ2n) is 6.10. The SMILES string of the molecule is C\C=C(/C=C\C=C\SNc1nc2ccccc2nc1Nc1cnccc1C)[N+](=O)[O-]. The van der Waals surface area contributed by atoms with E-state index in [0.29, 0.717) is 11.6 Å². The fraction of sp³-hybridized carbons (Fsp3) is 0.0952. The Morgan fingerprint density at radius 1 is 1.13 bits per heavy atom. The molecule has 152 valence electrons. The molecule has 0 spiro atoms. The van der Waals surface area contributed by atoms with Crippen molar-refractivity contribution >= 4 is 40.3 Å². The quantitative estimate of drug-likeness (QED) is 0.216. The fourth-order valence-corrected chi connectivity index (χ4v) is 2.96. The van der Waals surface area contributed by atoms with Crippen molar-refractivity contribution in [1.29, 1.82) is 0 Å². The summed E-state index contributed by atoms with van der Waals surface area (Å²) in [6, 6.07) is 9.53. The topological polar surface area (TPSA) is 106 Å². The van der Waals surface area contributed by atoms with Crippen LogP contribution in [0.4, 0.5) is 17.3 Å². The molecule has 30 heavy (non-hydrogen) atoms. The molecule has 2 N–H and O–H groups in total. The zero-order chi connectivity index (χ0) is 21.3. The van der Waals surface area contributed by atoms with Crippen LogP contribution in [0, 0.1) is 17.0 Å². The smallest absolute Gasteiger partial charge is 0.265 e. The lowest BCUT2D eigenvalue weighted by molar-refractivity contribution is -0.419. The van der Waals surface area contributed by atoms with E-state index in [2.05, 4.69) is 25.0 Å². The normalized spacial score (nSPS) is 12.0. The lowest BCUT2D eigenvalue weighted by atomic mass is 10.2. The molecule has 2 heterocycles. The number of anilines is 3. The van der Waals surface area contributed by atoms with E-state index in [4.69, 9.17) is 0 Å². The monoisotopic (exact) mass is 420 g/mol. The molecule has 1 aromatic carbocycles. The van der Waals surface area contributed by atoms with E-state index in [1.807, 2.05) is 37.3 Å². The molecule has 0 unspecified atom stereocenters. The van der Waals surface area contributed by atoms with Crippen LogP contribution in [-0.4, -0.2) is 19.9 Å². The first-order valence-corrected chi connectivity index (χ1v) is 9.96. The third-order valence-corrected chi connectivity index (χ3v) is 4.65. The summed E-state index contributed by atoms with van der Waals surface area (Å²) in [6.45, 7) is 3.61. The molecular weight excluding hydrogens is 400 g/mol. The minimum Gasteiger partial charge on any atom is -0.336 e. The molecule has 0 bridgehead atoms. The van der Waals surface area contributed by atoms with Gasteiger partial charge >= 0.3 is 0 Å². The van der Waals surface area contributed by atoms with Gasteiger partial charge in [0.15, 0.2) is 11.6 Å². The van der Waals surface area contributed by atoms with Gasteiger partial charge in [-0.05, 0) is 61.0 Å². The highest BCUT2D eigenvalue weighted by Gasteiger charge is 2.10. The average Bonchev–Trinajstić information content (AvgIpc) is 2.74. The first-order valence-electron chi connectivity index (χ1n) is 9.08. The van der Waals surface area contributed by atoms with Crippen molar-refractivity contribution in [3.63, 3.8) is 0 Å². The Hall–Kier alpha value is -3.72. The summed E-state index contributed by atoms with van der Waals surface area (Å²) in [4.78, 5) is 23.8. The number of pyridine rings is 1. The third-order valence-electron chi connectivity index (χ3n) is 4.05. The Labute approximate surface area is 178 Å². The number of fused-ring (bicyclic) bond motifs is 1. The van der Waals surface area contributed by atoms with Crippen LogP contribution in [0.15, 0.2) is 78.1 Å². The maximum atomic E-state index is 10.8. The highest BCUT2D eigenvalue weighted by Crippen LogP contribution is 2.27. The van der Waals surface area contributed by atoms with Gasteiger partial charge in [0.25, 0.3) is 5.70 Å². The Balaban J connectivity index is 1.78. The molecule has 0 radical (unpaired) electrons. The Morgan fingerprint density at radius 3 is 2.53 bits per heavy atom. The number of aryl methyl sites for hydroxylation is 1. The molecule has 3 rings (SSSR count). The van der Waals surface area contributed by atoms with E-state index in [1.54, 1.807) is 36.9 Å². The van der Waals surface area contributed by atoms with Gasteiger partial charge in [0, 0.05) is 12.3 Å². The van der Waals surface area contributed by atoms with Crippen LogP contribution in [0.1, 0.15) is 12.5 Å². The molecule has 9 heteroatoms. The van der Waals surface area contributed by atoms with Gasteiger partial charge in [0.05, 0.1) is 27.8 Å². The van der Waals surface area contributed by atoms with Crippen molar-refractivity contribution in [2.24, 2.45) is 0 Å². The highest BCUT2D eigenvalue weighted by atomic mass is 32.2. The molecule has 0 aliphatic rings. The van der Waals surface area contributed by atoms with Crippen LogP contribution in [0.3, 0.4) is 0 Å². The molecule has 0 aliphatic heterocycles. The third kappa shape index (κ3) is 5.42. The Morgan fingerprint density at radius 2 is 1.87 bits per heavy atom. The molecule has 0 amide bonds. The van der Waals surface area contributed by atoms with Gasteiger partial charge in [-0.2, -0.15) is 0 Å². The maximum absolute atomic E-state index is 10.8. The first kappa shape index (κ1) is 21.0. The Kier molecular flexibility index (Phi) is 7.12. The van der Waals surface area contributed by atoms with Crippen LogP contribution in [0.2, 0.25) is 0 Å². The van der Waals surface area contributed by atoms with E-state index in [-0.39, 0.29) is 5.70 Å². The molecule has 8 nitrogen and oxygen atoms in total. The minimum absolute atomic E-state index is 0.0383. The predicted molar refractivity (Wildman–Crippen MR) is 122 cm³/mol. The largest absolute Gasteiger partial charge is 0.336 e. The summed E-state index contributed by atoms with van der Waals surface area (Å²) in [6.07, 6.45) is 9.67. The van der Waals surface area contributed by atoms with Gasteiger partial charge in [-0.15, -0.1) is 0 Å². The molecule has 0 saturated carbocycles. The highest BCUT2D eigenvalue weighted by molar-refractivity contribution is 8.03. The van der Waals surface area contributed by atoms with Crippen molar-refractivity contribution < 1.29 is 4.92 Å². The number of hydrogen-bond acceptors (Lipinski definition) is 8. The van der Waals surface area contributed by atoms with Gasteiger partial charge in [-0.25, -0.2) is 9.97 Å². The van der Waals surface area contributed by atoms with Crippen molar-refractivity contribution in [2.75, 3.05) is 10.0 Å². The average molecular weight is 420 g/mol. The predicted octanol–water partition coefficient (Wildman–Crippen LogP) is 5.39. The number of nitrogens with one attached hydrogen (secondary N) is 2. The summed E-state index contributed by atoms with van der Waals surface area (Å²) < 4.78 is 3.16. The zero-order valence-corrected chi connectivity index (χ0v) is 17.3. The van der Waals surface area contributed by atoms with Crippen LogP contribution in [-0.2, 0) is 0 Å². The van der Waals surface area contributed by atoms with Crippen molar-refractivity contribution in [1.82, 2.24) is 15.0 Å². The van der Waals surface area contributed by atoms with Crippen LogP contribution in [0.25, 0.3) is 11.0 Å². The van der Waals surface area contributed by atoms with Gasteiger partial charge in [-0.1, -0.05) is 24.3 Å². The number of para-hydroxylation sites is 2. The number of nitrogens with zero attached hydrogens (tertiary/aromatic N) is 4. The zero-order valence-electron chi connectivity index (χ0n) is 16.4. The van der Waals surface area contributed by atoms with E-state index in [0.717, 1.165) is 22.3 Å². The summed E-state index contributed by atoms with van der Waals surface area (Å²) >= 11 is 1.28. The van der Waals surface area contributed by atoms with E-state index in [9.17, 15) is 10.1 Å². The van der Waals surface area contributed by atoms with Crippen molar-refractivity contribution in [3.8, 4) is 0 Å². The number of benzene rings is 1. The van der Waals surface area contributed by atoms with E-state index >= 15 is 0 Å². The minimum atomic E-state index is -0.432. The van der Waals surface area contributed by atoms with Gasteiger partial charge in [0.1, 0.15) is 0 Å². The standard InChI is InChI=1S/C21H20N6O2S/c1-3-16(27(28)29)8-6-7-13-30-26-21-20(25-19-14-22-12-11-15(19)2)23-17-9-4-5-10-18(17)24-21/h3-14H,1-2H3,(H,23,25)(H,24,26)/b8-6-,13-7+,16-3+. The summed E-state index contributed by atoms with van der Waals surface area (Å²) in [7, 11) is 0. The molecule has 0 aliphatic carbocycles. The van der Waals surface area contributed by atoms with Gasteiger partial charge < -0.3 is 10.0 Å². The summed E-state index contributed by atoms with van der Waals surface area (Å²) in [5.41, 5.74) is 3.45. The van der Waals surface area contributed by atoms with E-state index < -0.39 is 4.92 Å². The first-order chi connectivity index (χ1) is 14.6. The number of rotatable bonds is 8. The van der Waals surface area contributed by atoms with Gasteiger partial charge in [-0.3, -0.25) is 15.1 Å². The molecular formula is C21H20N6O2S. The van der Waals surface area contributed by atoms with E-state index in [1.165, 1.54) is 24.1 Å². The molecule has 0 atom stereocenters. The molecule has 3 aromatic rings. The summed E-state index contributed by atoms with van der Waals surface area (Å²) in [5, 5.41) is 15.8. The maximum Gasteiger partial charge on any atom is 0.265 e. The van der Waals surface area contributed by atoms with Crippen molar-refractivity contribution in [2.45, 2.75) is 13.8 Å². The molecule has 2 aromatic heterocycles. The molecule has 0 fully saturated rings. The van der Waals surface area contributed by atoms with Crippen molar-refractivity contribution in [3.05, 3.63) is 93.8 Å².